The van der Waals surface area contributed by atoms with Crippen LogP contribution in [0, 0.1) is 3.57 Å². The fourth-order valence-corrected chi connectivity index (χ4v) is 12.9. The summed E-state index contributed by atoms with van der Waals surface area (Å²) in [5, 5.41) is 8.97. The smallest absolute Gasteiger partial charge is 0.0902 e. The number of fused-ring (bicyclic) bond motifs is 3. The minimum absolute atomic E-state index is 0.785. The molecule has 0 saturated heterocycles. The second kappa shape index (κ2) is 8.58. The van der Waals surface area contributed by atoms with E-state index >= 15 is 0 Å². The van der Waals surface area contributed by atoms with Gasteiger partial charge in [0.15, 0.2) is 8.07 Å². The zero-order chi connectivity index (χ0) is 22.6. The molecule has 6 rings (SSSR count). The van der Waals surface area contributed by atoms with Gasteiger partial charge in [-0.05, 0) is 96.6 Å². The summed E-state index contributed by atoms with van der Waals surface area (Å²) in [5.74, 6) is 0. The standard InChI is InChI=1S/C28H17BrClISSi/c29-20-7-12-23(13-8-20)33(24-11-6-18-15-22(31)10-5-19(18)16-24)27-4-2-1-3-25(27)32-26-17-21(30)9-14-28(26)33/h1-17H. The lowest BCUT2D eigenvalue weighted by molar-refractivity contribution is 1.42. The first kappa shape index (κ1) is 21.9. The maximum absolute atomic E-state index is 6.50. The number of rotatable bonds is 2. The summed E-state index contributed by atoms with van der Waals surface area (Å²) in [7, 11) is -2.56. The molecule has 1 aliphatic heterocycles. The Bertz CT molecular complexity index is 1540. The van der Waals surface area contributed by atoms with Crippen molar-refractivity contribution < 1.29 is 0 Å². The maximum atomic E-state index is 6.50. The van der Waals surface area contributed by atoms with Gasteiger partial charge in [-0.1, -0.05) is 100.0 Å². The molecule has 1 atom stereocenters. The van der Waals surface area contributed by atoms with E-state index in [2.05, 4.69) is 142 Å². The minimum atomic E-state index is -2.56. The molecule has 1 heterocycles. The normalized spacial score (nSPS) is 16.9. The lowest BCUT2D eigenvalue weighted by Crippen LogP contribution is -2.76. The van der Waals surface area contributed by atoms with Crippen LogP contribution in [-0.4, -0.2) is 8.07 Å². The Hall–Kier alpha value is -1.57. The first-order chi connectivity index (χ1) is 16.1. The van der Waals surface area contributed by atoms with Crippen LogP contribution < -0.4 is 20.7 Å². The Kier molecular flexibility index (Phi) is 5.70. The summed E-state index contributed by atoms with van der Waals surface area (Å²) in [6.07, 6.45) is 0. The van der Waals surface area contributed by atoms with E-state index in [1.165, 1.54) is 44.9 Å². The van der Waals surface area contributed by atoms with E-state index in [4.69, 9.17) is 11.6 Å². The Balaban J connectivity index is 1.77. The second-order valence-electron chi connectivity index (χ2n) is 8.20. The molecule has 0 amide bonds. The summed E-state index contributed by atoms with van der Waals surface area (Å²) in [6, 6.07) is 38.1. The molecule has 160 valence electrons. The van der Waals surface area contributed by atoms with Crippen molar-refractivity contribution in [3.8, 4) is 0 Å². The van der Waals surface area contributed by atoms with Crippen molar-refractivity contribution in [3.05, 3.63) is 116 Å². The first-order valence-electron chi connectivity index (χ1n) is 10.6. The van der Waals surface area contributed by atoms with E-state index in [-0.39, 0.29) is 0 Å². The summed E-state index contributed by atoms with van der Waals surface area (Å²) in [6.45, 7) is 0. The van der Waals surface area contributed by atoms with Gasteiger partial charge in [0.25, 0.3) is 0 Å². The zero-order valence-corrected chi connectivity index (χ0v) is 23.7. The van der Waals surface area contributed by atoms with E-state index in [1.54, 1.807) is 0 Å². The van der Waals surface area contributed by atoms with Crippen LogP contribution in [0.2, 0.25) is 5.02 Å². The van der Waals surface area contributed by atoms with Crippen LogP contribution in [0.3, 0.4) is 0 Å². The topological polar surface area (TPSA) is 0 Å². The lowest BCUT2D eigenvalue weighted by Gasteiger charge is -2.40. The molecule has 0 fully saturated rings. The predicted molar refractivity (Wildman–Crippen MR) is 157 cm³/mol. The molecule has 0 bridgehead atoms. The van der Waals surface area contributed by atoms with Crippen molar-refractivity contribution in [2.75, 3.05) is 0 Å². The van der Waals surface area contributed by atoms with E-state index < -0.39 is 8.07 Å². The number of hydrogen-bond acceptors (Lipinski definition) is 1. The quantitative estimate of drug-likeness (QED) is 0.148. The van der Waals surface area contributed by atoms with Crippen molar-refractivity contribution in [1.82, 2.24) is 0 Å². The zero-order valence-electron chi connectivity index (χ0n) is 17.4. The fourth-order valence-electron chi connectivity index (χ4n) is 4.96. The Labute approximate surface area is 225 Å². The molecule has 1 aliphatic rings. The largest absolute Gasteiger partial charge is 0.181 e. The third-order valence-corrected chi connectivity index (χ3v) is 14.2. The van der Waals surface area contributed by atoms with Crippen molar-refractivity contribution in [1.29, 1.82) is 0 Å². The van der Waals surface area contributed by atoms with Crippen molar-refractivity contribution in [3.63, 3.8) is 0 Å². The van der Waals surface area contributed by atoms with E-state index in [0.29, 0.717) is 0 Å². The average molecular weight is 656 g/mol. The number of benzene rings is 5. The molecular weight excluding hydrogens is 639 g/mol. The Morgan fingerprint density at radius 2 is 1.36 bits per heavy atom. The van der Waals surface area contributed by atoms with Gasteiger partial charge in [0.1, 0.15) is 0 Å². The van der Waals surface area contributed by atoms with E-state index in [0.717, 1.165) is 9.50 Å². The molecule has 0 saturated carbocycles. The van der Waals surface area contributed by atoms with Gasteiger partial charge in [-0.15, -0.1) is 0 Å². The van der Waals surface area contributed by atoms with Gasteiger partial charge in [-0.25, -0.2) is 0 Å². The van der Waals surface area contributed by atoms with Crippen LogP contribution >= 0.6 is 61.9 Å². The highest BCUT2D eigenvalue weighted by Gasteiger charge is 2.46. The van der Waals surface area contributed by atoms with Crippen LogP contribution in [0.25, 0.3) is 10.8 Å². The molecule has 5 aromatic carbocycles. The van der Waals surface area contributed by atoms with Crippen molar-refractivity contribution in [2.24, 2.45) is 0 Å². The van der Waals surface area contributed by atoms with Crippen molar-refractivity contribution in [2.45, 2.75) is 9.79 Å². The van der Waals surface area contributed by atoms with Crippen LogP contribution in [-0.2, 0) is 0 Å². The van der Waals surface area contributed by atoms with Gasteiger partial charge < -0.3 is 0 Å². The molecule has 5 heteroatoms. The third kappa shape index (κ3) is 3.62. The Morgan fingerprint density at radius 3 is 2.21 bits per heavy atom. The van der Waals surface area contributed by atoms with Crippen LogP contribution in [0.4, 0.5) is 0 Å². The van der Waals surface area contributed by atoms with Crippen LogP contribution in [0.15, 0.2) is 117 Å². The highest BCUT2D eigenvalue weighted by atomic mass is 127. The molecule has 0 nitrogen and oxygen atoms in total. The van der Waals surface area contributed by atoms with Gasteiger partial charge in [-0.3, -0.25) is 0 Å². The predicted octanol–water partition coefficient (Wildman–Crippen LogP) is 6.70. The lowest BCUT2D eigenvalue weighted by atomic mass is 10.1. The summed E-state index contributed by atoms with van der Waals surface area (Å²) < 4.78 is 2.35. The average Bonchev–Trinajstić information content (AvgIpc) is 2.83. The molecule has 0 aromatic heterocycles. The third-order valence-electron chi connectivity index (χ3n) is 6.37. The molecule has 0 N–H and O–H groups in total. The summed E-state index contributed by atoms with van der Waals surface area (Å²) in [5.41, 5.74) is 0. The monoisotopic (exact) mass is 654 g/mol. The minimum Gasteiger partial charge on any atom is -0.0902 e. The molecular formula is C28H17BrClISSi. The molecule has 0 radical (unpaired) electrons. The fraction of sp³-hybridized carbons (Fsp3) is 0. The van der Waals surface area contributed by atoms with Gasteiger partial charge in [-0.2, -0.15) is 0 Å². The summed E-state index contributed by atoms with van der Waals surface area (Å²) >= 11 is 14.4. The molecule has 33 heavy (non-hydrogen) atoms. The van der Waals surface area contributed by atoms with Gasteiger partial charge >= 0.3 is 0 Å². The summed E-state index contributed by atoms with van der Waals surface area (Å²) in [4.78, 5) is 2.59. The Morgan fingerprint density at radius 1 is 0.667 bits per heavy atom. The van der Waals surface area contributed by atoms with Crippen molar-refractivity contribution >= 4 is 101 Å². The molecule has 5 aromatic rings. The second-order valence-corrected chi connectivity index (χ2v) is 15.6. The highest BCUT2D eigenvalue weighted by Crippen LogP contribution is 2.34. The van der Waals surface area contributed by atoms with Gasteiger partial charge in [0.05, 0.1) is 0 Å². The van der Waals surface area contributed by atoms with E-state index in [9.17, 15) is 0 Å². The molecule has 0 spiro atoms. The number of hydrogen-bond donors (Lipinski definition) is 0. The van der Waals surface area contributed by atoms with Gasteiger partial charge in [0.2, 0.25) is 0 Å². The van der Waals surface area contributed by atoms with E-state index in [1.807, 2.05) is 11.8 Å². The number of halogens is 3. The molecule has 0 aliphatic carbocycles. The first-order valence-corrected chi connectivity index (χ1v) is 15.7. The van der Waals surface area contributed by atoms with Gasteiger partial charge in [0, 0.05) is 22.9 Å². The maximum Gasteiger partial charge on any atom is 0.181 e. The van der Waals surface area contributed by atoms with Crippen LogP contribution in [0.1, 0.15) is 0 Å². The highest BCUT2D eigenvalue weighted by molar-refractivity contribution is 14.1. The molecule has 1 unspecified atom stereocenters. The van der Waals surface area contributed by atoms with Crippen LogP contribution in [0.5, 0.6) is 0 Å². The SMILES string of the molecule is Clc1ccc2c(c1)Sc1ccccc1[Si]2(c1ccc(Br)cc1)c1ccc2cc(I)ccc2c1.